The van der Waals surface area contributed by atoms with Gasteiger partial charge in [-0.2, -0.15) is 0 Å². The van der Waals surface area contributed by atoms with Crippen molar-refractivity contribution in [3.63, 3.8) is 0 Å². The van der Waals surface area contributed by atoms with Crippen molar-refractivity contribution >= 4 is 41.0 Å². The molecule has 3 aliphatic rings. The van der Waals surface area contributed by atoms with E-state index in [0.717, 1.165) is 69.0 Å². The molecule has 3 atom stereocenters. The van der Waals surface area contributed by atoms with Gasteiger partial charge in [0.15, 0.2) is 0 Å². The summed E-state index contributed by atoms with van der Waals surface area (Å²) < 4.78 is 0. The number of piperidine rings is 1. The number of aliphatic carboxylic acids is 1. The SMILES string of the molecule is CCC(CN1CCN(C(=O)C2CC2)CC1)N1C(=O)C(CC(=O)O)CCC1c1ccc(Cl)cc1.Clc1ccccc1. The minimum Gasteiger partial charge on any atom is -0.481 e. The normalized spacial score (nSPS) is 22.3. The number of nitrogens with zero attached hydrogens (tertiary/aromatic N) is 3. The lowest BCUT2D eigenvalue weighted by Crippen LogP contribution is -2.56. The molecule has 9 heteroatoms. The number of carbonyl (C=O) groups is 3. The summed E-state index contributed by atoms with van der Waals surface area (Å²) in [5.74, 6) is -0.918. The second kappa shape index (κ2) is 14.3. The van der Waals surface area contributed by atoms with Crippen LogP contribution in [0.2, 0.25) is 10.0 Å². The quantitative estimate of drug-likeness (QED) is 0.424. The summed E-state index contributed by atoms with van der Waals surface area (Å²) in [5.41, 5.74) is 1.04. The third-order valence-corrected chi connectivity index (χ3v) is 8.59. The lowest BCUT2D eigenvalue weighted by Gasteiger charge is -2.46. The Morgan fingerprint density at radius 2 is 1.52 bits per heavy atom. The summed E-state index contributed by atoms with van der Waals surface area (Å²) in [6, 6.07) is 17.0. The number of likely N-dealkylation sites (tertiary alicyclic amines) is 1. The summed E-state index contributed by atoms with van der Waals surface area (Å²) in [4.78, 5) is 43.6. The van der Waals surface area contributed by atoms with Crippen LogP contribution in [0.5, 0.6) is 0 Å². The Balaban J connectivity index is 0.000000461. The number of amides is 2. The van der Waals surface area contributed by atoms with E-state index in [0.29, 0.717) is 17.4 Å². The molecule has 2 aliphatic heterocycles. The Morgan fingerprint density at radius 3 is 2.05 bits per heavy atom. The van der Waals surface area contributed by atoms with Crippen LogP contribution in [-0.4, -0.2) is 76.4 Å². The zero-order valence-electron chi connectivity index (χ0n) is 23.1. The molecular formula is C31H39Cl2N3O4. The second-order valence-electron chi connectivity index (χ2n) is 10.9. The van der Waals surface area contributed by atoms with Crippen molar-refractivity contribution in [3.8, 4) is 0 Å². The number of carbonyl (C=O) groups excluding carboxylic acids is 2. The molecule has 0 aromatic heterocycles. The van der Waals surface area contributed by atoms with Crippen molar-refractivity contribution in [2.24, 2.45) is 11.8 Å². The van der Waals surface area contributed by atoms with Gasteiger partial charge < -0.3 is 14.9 Å². The molecule has 0 spiro atoms. The Morgan fingerprint density at radius 1 is 0.900 bits per heavy atom. The maximum absolute atomic E-state index is 13.5. The van der Waals surface area contributed by atoms with Gasteiger partial charge >= 0.3 is 5.97 Å². The van der Waals surface area contributed by atoms with Crippen molar-refractivity contribution in [3.05, 3.63) is 70.2 Å². The number of carboxylic acids is 1. The average molecular weight is 589 g/mol. The highest BCUT2D eigenvalue weighted by Crippen LogP contribution is 2.38. The van der Waals surface area contributed by atoms with Crippen LogP contribution in [0.25, 0.3) is 0 Å². The highest BCUT2D eigenvalue weighted by molar-refractivity contribution is 6.30. The minimum atomic E-state index is -0.928. The fourth-order valence-corrected chi connectivity index (χ4v) is 5.97. The number of rotatable bonds is 8. The van der Waals surface area contributed by atoms with Gasteiger partial charge in [0.1, 0.15) is 0 Å². The third-order valence-electron chi connectivity index (χ3n) is 8.08. The van der Waals surface area contributed by atoms with Crippen LogP contribution in [0.3, 0.4) is 0 Å². The largest absolute Gasteiger partial charge is 0.481 e. The molecule has 3 unspecified atom stereocenters. The molecule has 0 radical (unpaired) electrons. The van der Waals surface area contributed by atoms with Crippen LogP contribution in [-0.2, 0) is 14.4 Å². The van der Waals surface area contributed by atoms with Crippen LogP contribution in [0.4, 0.5) is 0 Å². The lowest BCUT2D eigenvalue weighted by atomic mass is 9.85. The van der Waals surface area contributed by atoms with Crippen LogP contribution >= 0.6 is 23.2 Å². The molecule has 1 aliphatic carbocycles. The molecule has 2 amide bonds. The second-order valence-corrected chi connectivity index (χ2v) is 11.8. The van der Waals surface area contributed by atoms with Gasteiger partial charge in [-0.1, -0.05) is 60.5 Å². The van der Waals surface area contributed by atoms with E-state index in [1.54, 1.807) is 0 Å². The van der Waals surface area contributed by atoms with Gasteiger partial charge in [0, 0.05) is 60.6 Å². The predicted molar refractivity (Wildman–Crippen MR) is 157 cm³/mol. The van der Waals surface area contributed by atoms with Gasteiger partial charge in [-0.15, -0.1) is 0 Å². The molecule has 2 aromatic carbocycles. The first-order valence-electron chi connectivity index (χ1n) is 14.3. The Labute approximate surface area is 247 Å². The highest BCUT2D eigenvalue weighted by Gasteiger charge is 2.41. The van der Waals surface area contributed by atoms with E-state index in [9.17, 15) is 19.5 Å². The molecule has 216 valence electrons. The first kappa shape index (κ1) is 30.4. The number of carboxylic acid groups (broad SMARTS) is 1. The molecule has 40 heavy (non-hydrogen) atoms. The van der Waals surface area contributed by atoms with Gasteiger partial charge in [0.2, 0.25) is 11.8 Å². The number of hydrogen-bond donors (Lipinski definition) is 1. The zero-order chi connectivity index (χ0) is 28.6. The van der Waals surface area contributed by atoms with Crippen LogP contribution in [0.15, 0.2) is 54.6 Å². The fraction of sp³-hybridized carbons (Fsp3) is 0.516. The maximum Gasteiger partial charge on any atom is 0.304 e. The summed E-state index contributed by atoms with van der Waals surface area (Å²) >= 11 is 11.6. The van der Waals surface area contributed by atoms with Crippen LogP contribution < -0.4 is 0 Å². The number of halogens is 2. The van der Waals surface area contributed by atoms with E-state index >= 15 is 0 Å². The van der Waals surface area contributed by atoms with Crippen molar-refractivity contribution in [2.75, 3.05) is 32.7 Å². The van der Waals surface area contributed by atoms with Crippen LogP contribution in [0.1, 0.15) is 57.1 Å². The Kier molecular flexibility index (Phi) is 10.9. The Hall–Kier alpha value is -2.61. The van der Waals surface area contributed by atoms with Crippen molar-refractivity contribution in [1.82, 2.24) is 14.7 Å². The summed E-state index contributed by atoms with van der Waals surface area (Å²) in [5, 5.41) is 10.8. The molecule has 1 saturated carbocycles. The van der Waals surface area contributed by atoms with Crippen molar-refractivity contribution < 1.29 is 19.5 Å². The Bertz CT molecular complexity index is 1140. The molecular weight excluding hydrogens is 549 g/mol. The molecule has 7 nitrogen and oxygen atoms in total. The van der Waals surface area contributed by atoms with Gasteiger partial charge in [-0.05, 0) is 61.9 Å². The molecule has 2 heterocycles. The smallest absolute Gasteiger partial charge is 0.304 e. The van der Waals surface area contributed by atoms with Gasteiger partial charge in [0.25, 0.3) is 0 Å². The first-order valence-corrected chi connectivity index (χ1v) is 15.0. The third kappa shape index (κ3) is 8.21. The zero-order valence-corrected chi connectivity index (χ0v) is 24.6. The monoisotopic (exact) mass is 587 g/mol. The summed E-state index contributed by atoms with van der Waals surface area (Å²) in [7, 11) is 0. The minimum absolute atomic E-state index is 0.0135. The molecule has 5 rings (SSSR count). The molecule has 1 N–H and O–H groups in total. The molecule has 3 fully saturated rings. The average Bonchev–Trinajstić information content (AvgIpc) is 3.80. The summed E-state index contributed by atoms with van der Waals surface area (Å²) in [6.07, 6.45) is 4.03. The van der Waals surface area contributed by atoms with Crippen molar-refractivity contribution in [2.45, 2.75) is 57.5 Å². The topological polar surface area (TPSA) is 81.2 Å². The lowest BCUT2D eigenvalue weighted by molar-refractivity contribution is -0.152. The standard InChI is InChI=1S/C25H34ClN3O4.C6H5Cl/c1-2-21(16-27-11-13-28(14-12-27)24(32)18-3-4-18)29-22(17-5-8-20(26)9-6-17)10-7-19(25(29)33)15-23(30)31;7-6-4-2-1-3-5-6/h5-6,8-9,18-19,21-22H,2-4,7,10-16H2,1H3,(H,30,31);1-5H. The number of hydrogen-bond acceptors (Lipinski definition) is 4. The molecule has 2 aromatic rings. The molecule has 2 saturated heterocycles. The van der Waals surface area contributed by atoms with E-state index in [2.05, 4.69) is 11.8 Å². The number of piperazine rings is 1. The van der Waals surface area contributed by atoms with Crippen LogP contribution in [0, 0.1) is 11.8 Å². The van der Waals surface area contributed by atoms with E-state index in [1.165, 1.54) is 0 Å². The maximum atomic E-state index is 13.5. The number of benzene rings is 2. The predicted octanol–water partition coefficient (Wildman–Crippen LogP) is 5.77. The van der Waals surface area contributed by atoms with Gasteiger partial charge in [-0.3, -0.25) is 19.3 Å². The van der Waals surface area contributed by atoms with E-state index in [-0.39, 0.29) is 30.3 Å². The van der Waals surface area contributed by atoms with E-state index < -0.39 is 11.9 Å². The van der Waals surface area contributed by atoms with Gasteiger partial charge in [0.05, 0.1) is 12.5 Å². The van der Waals surface area contributed by atoms with E-state index in [4.69, 9.17) is 23.2 Å². The summed E-state index contributed by atoms with van der Waals surface area (Å²) in [6.45, 7) is 5.91. The van der Waals surface area contributed by atoms with Crippen molar-refractivity contribution in [1.29, 1.82) is 0 Å². The highest BCUT2D eigenvalue weighted by atomic mass is 35.5. The van der Waals surface area contributed by atoms with Gasteiger partial charge in [-0.25, -0.2) is 0 Å². The first-order chi connectivity index (χ1) is 19.3. The fourth-order valence-electron chi connectivity index (χ4n) is 5.70. The molecule has 0 bridgehead atoms. The van der Waals surface area contributed by atoms with E-state index in [1.807, 2.05) is 64.4 Å².